The Kier molecular flexibility index (Phi) is 3.94. The molecular weight excluding hydrogens is 210 g/mol. The van der Waals surface area contributed by atoms with Gasteiger partial charge in [0.15, 0.2) is 0 Å². The van der Waals surface area contributed by atoms with Gasteiger partial charge in [0.1, 0.15) is 0 Å². The number of aromatic nitrogens is 2. The maximum absolute atomic E-state index is 4.18. The van der Waals surface area contributed by atoms with Crippen LogP contribution in [0.15, 0.2) is 42.7 Å². The van der Waals surface area contributed by atoms with Gasteiger partial charge in [-0.2, -0.15) is 5.10 Å². The van der Waals surface area contributed by atoms with Gasteiger partial charge in [-0.1, -0.05) is 24.3 Å². The van der Waals surface area contributed by atoms with Crippen molar-refractivity contribution >= 4 is 0 Å². The van der Waals surface area contributed by atoms with Gasteiger partial charge in [-0.05, 0) is 31.0 Å². The van der Waals surface area contributed by atoms with Gasteiger partial charge < -0.3 is 5.32 Å². The molecule has 0 radical (unpaired) electrons. The van der Waals surface area contributed by atoms with E-state index in [2.05, 4.69) is 48.5 Å². The lowest BCUT2D eigenvalue weighted by atomic mass is 10.0. The molecule has 1 heterocycles. The average molecular weight is 229 g/mol. The molecule has 2 rings (SSSR count). The molecule has 2 aromatic rings. The number of hydrogen-bond acceptors (Lipinski definition) is 2. The molecule has 0 fully saturated rings. The Morgan fingerprint density at radius 1 is 1.29 bits per heavy atom. The topological polar surface area (TPSA) is 29.9 Å². The first-order valence-corrected chi connectivity index (χ1v) is 6.03. The molecule has 0 unspecified atom stereocenters. The van der Waals surface area contributed by atoms with Crippen molar-refractivity contribution in [3.05, 3.63) is 53.9 Å². The minimum Gasteiger partial charge on any atom is -0.308 e. The molecule has 1 atom stereocenters. The molecule has 90 valence electrons. The van der Waals surface area contributed by atoms with Crippen molar-refractivity contribution in [1.29, 1.82) is 0 Å². The molecule has 0 saturated carbocycles. The summed E-state index contributed by atoms with van der Waals surface area (Å²) in [5.74, 6) is 0. The number of nitrogens with one attached hydrogen (secondary N) is 1. The molecule has 0 amide bonds. The predicted octanol–water partition coefficient (Wildman–Crippen LogP) is 2.54. The summed E-state index contributed by atoms with van der Waals surface area (Å²) in [5, 5.41) is 7.70. The molecule has 0 spiro atoms. The molecular formula is C14H19N3. The molecule has 1 N–H and O–H groups in total. The summed E-state index contributed by atoms with van der Waals surface area (Å²) in [6, 6.07) is 10.8. The van der Waals surface area contributed by atoms with Crippen LogP contribution in [-0.4, -0.2) is 16.3 Å². The largest absolute Gasteiger partial charge is 0.308 e. The summed E-state index contributed by atoms with van der Waals surface area (Å²) in [6.07, 6.45) is 3.80. The van der Waals surface area contributed by atoms with E-state index in [9.17, 15) is 0 Å². The van der Waals surface area contributed by atoms with Crippen LogP contribution in [-0.2, 0) is 6.54 Å². The van der Waals surface area contributed by atoms with E-state index in [4.69, 9.17) is 0 Å². The summed E-state index contributed by atoms with van der Waals surface area (Å²) in [6.45, 7) is 6.19. The highest BCUT2D eigenvalue weighted by Crippen LogP contribution is 2.16. The Balaban J connectivity index is 1.85. The van der Waals surface area contributed by atoms with Crippen molar-refractivity contribution in [2.75, 3.05) is 6.54 Å². The molecule has 17 heavy (non-hydrogen) atoms. The minimum atomic E-state index is 0.381. The van der Waals surface area contributed by atoms with E-state index in [0.29, 0.717) is 6.04 Å². The smallest absolute Gasteiger partial charge is 0.0534 e. The van der Waals surface area contributed by atoms with Crippen molar-refractivity contribution in [2.24, 2.45) is 0 Å². The number of rotatable bonds is 5. The van der Waals surface area contributed by atoms with Crippen molar-refractivity contribution < 1.29 is 0 Å². The van der Waals surface area contributed by atoms with Gasteiger partial charge in [0, 0.05) is 25.0 Å². The lowest BCUT2D eigenvalue weighted by molar-refractivity contribution is 0.506. The second kappa shape index (κ2) is 5.64. The Morgan fingerprint density at radius 2 is 2.12 bits per heavy atom. The third-order valence-corrected chi connectivity index (χ3v) is 3.01. The van der Waals surface area contributed by atoms with Crippen molar-refractivity contribution in [1.82, 2.24) is 15.1 Å². The SMILES string of the molecule is Cc1ccccc1[C@@H](C)NCCn1cccn1. The third kappa shape index (κ3) is 3.17. The van der Waals surface area contributed by atoms with E-state index >= 15 is 0 Å². The molecule has 0 aliphatic carbocycles. The highest BCUT2D eigenvalue weighted by molar-refractivity contribution is 5.28. The second-order valence-corrected chi connectivity index (χ2v) is 4.30. The highest BCUT2D eigenvalue weighted by Gasteiger charge is 2.06. The van der Waals surface area contributed by atoms with Crippen LogP contribution in [0.3, 0.4) is 0 Å². The van der Waals surface area contributed by atoms with Gasteiger partial charge in [-0.3, -0.25) is 4.68 Å². The molecule has 0 bridgehead atoms. The Hall–Kier alpha value is -1.61. The summed E-state index contributed by atoms with van der Waals surface area (Å²) < 4.78 is 1.94. The predicted molar refractivity (Wildman–Crippen MR) is 69.8 cm³/mol. The van der Waals surface area contributed by atoms with E-state index in [-0.39, 0.29) is 0 Å². The summed E-state index contributed by atoms with van der Waals surface area (Å²) >= 11 is 0. The normalized spacial score (nSPS) is 12.6. The van der Waals surface area contributed by atoms with E-state index in [1.54, 1.807) is 0 Å². The lowest BCUT2D eigenvalue weighted by Gasteiger charge is -2.16. The summed E-state index contributed by atoms with van der Waals surface area (Å²) in [7, 11) is 0. The maximum Gasteiger partial charge on any atom is 0.0534 e. The van der Waals surface area contributed by atoms with Gasteiger partial charge in [0.25, 0.3) is 0 Å². The maximum atomic E-state index is 4.18. The first-order chi connectivity index (χ1) is 8.27. The zero-order chi connectivity index (χ0) is 12.1. The van der Waals surface area contributed by atoms with Crippen LogP contribution in [0.2, 0.25) is 0 Å². The second-order valence-electron chi connectivity index (χ2n) is 4.30. The third-order valence-electron chi connectivity index (χ3n) is 3.01. The van der Waals surface area contributed by atoms with Gasteiger partial charge >= 0.3 is 0 Å². The van der Waals surface area contributed by atoms with Crippen molar-refractivity contribution in [2.45, 2.75) is 26.4 Å². The molecule has 1 aromatic heterocycles. The fourth-order valence-corrected chi connectivity index (χ4v) is 2.01. The van der Waals surface area contributed by atoms with Crippen molar-refractivity contribution in [3.63, 3.8) is 0 Å². The average Bonchev–Trinajstić information content (AvgIpc) is 2.82. The van der Waals surface area contributed by atoms with E-state index < -0.39 is 0 Å². The summed E-state index contributed by atoms with van der Waals surface area (Å²) in [4.78, 5) is 0. The number of benzene rings is 1. The minimum absolute atomic E-state index is 0.381. The zero-order valence-electron chi connectivity index (χ0n) is 10.4. The molecule has 3 nitrogen and oxygen atoms in total. The number of aryl methyl sites for hydroxylation is 1. The first-order valence-electron chi connectivity index (χ1n) is 6.03. The number of hydrogen-bond donors (Lipinski definition) is 1. The first kappa shape index (κ1) is 11.9. The standard InChI is InChI=1S/C14H19N3/c1-12-6-3-4-7-14(12)13(2)15-9-11-17-10-5-8-16-17/h3-8,10,13,15H,9,11H2,1-2H3/t13-/m1/s1. The fourth-order valence-electron chi connectivity index (χ4n) is 2.01. The van der Waals surface area contributed by atoms with Crippen LogP contribution in [0.1, 0.15) is 24.1 Å². The van der Waals surface area contributed by atoms with Crippen LogP contribution < -0.4 is 5.32 Å². The van der Waals surface area contributed by atoms with E-state index in [1.165, 1.54) is 11.1 Å². The zero-order valence-corrected chi connectivity index (χ0v) is 10.4. The van der Waals surface area contributed by atoms with Crippen LogP contribution in [0.4, 0.5) is 0 Å². The quantitative estimate of drug-likeness (QED) is 0.854. The van der Waals surface area contributed by atoms with Crippen molar-refractivity contribution in [3.8, 4) is 0 Å². The van der Waals surface area contributed by atoms with E-state index in [1.807, 2.05) is 23.1 Å². The van der Waals surface area contributed by atoms with Gasteiger partial charge in [-0.25, -0.2) is 0 Å². The van der Waals surface area contributed by atoms with Gasteiger partial charge in [0.2, 0.25) is 0 Å². The summed E-state index contributed by atoms with van der Waals surface area (Å²) in [5.41, 5.74) is 2.71. The molecule has 0 saturated heterocycles. The number of nitrogens with zero attached hydrogens (tertiary/aromatic N) is 2. The van der Waals surface area contributed by atoms with Crippen LogP contribution in [0.5, 0.6) is 0 Å². The lowest BCUT2D eigenvalue weighted by Crippen LogP contribution is -2.24. The van der Waals surface area contributed by atoms with Crippen LogP contribution in [0.25, 0.3) is 0 Å². The molecule has 3 heteroatoms. The fraction of sp³-hybridized carbons (Fsp3) is 0.357. The molecule has 0 aliphatic heterocycles. The monoisotopic (exact) mass is 229 g/mol. The molecule has 0 aliphatic rings. The van der Waals surface area contributed by atoms with Gasteiger partial charge in [0.05, 0.1) is 6.54 Å². The van der Waals surface area contributed by atoms with Crippen LogP contribution >= 0.6 is 0 Å². The Bertz CT molecular complexity index is 448. The molecule has 1 aromatic carbocycles. The van der Waals surface area contributed by atoms with Crippen LogP contribution in [0, 0.1) is 6.92 Å². The Labute approximate surface area is 102 Å². The van der Waals surface area contributed by atoms with E-state index in [0.717, 1.165) is 13.1 Å². The van der Waals surface area contributed by atoms with Gasteiger partial charge in [-0.15, -0.1) is 0 Å². The highest BCUT2D eigenvalue weighted by atomic mass is 15.3. The Morgan fingerprint density at radius 3 is 2.82 bits per heavy atom.